The van der Waals surface area contributed by atoms with Gasteiger partial charge in [0.25, 0.3) is 0 Å². The number of carbonyl (C=O) groups excluding carboxylic acids is 2. The van der Waals surface area contributed by atoms with Crippen molar-refractivity contribution in [3.63, 3.8) is 0 Å². The zero-order chi connectivity index (χ0) is 21.1. The highest BCUT2D eigenvalue weighted by atomic mass is 16.2. The molecule has 0 aliphatic carbocycles. The summed E-state index contributed by atoms with van der Waals surface area (Å²) in [5.41, 5.74) is 2.01. The van der Waals surface area contributed by atoms with Crippen molar-refractivity contribution in [2.75, 3.05) is 19.6 Å². The molecular weight excluding hydrogens is 376 g/mol. The predicted molar refractivity (Wildman–Crippen MR) is 116 cm³/mol. The van der Waals surface area contributed by atoms with Gasteiger partial charge in [0.2, 0.25) is 11.8 Å². The van der Waals surface area contributed by atoms with Crippen molar-refractivity contribution in [3.8, 4) is 0 Å². The first kappa shape index (κ1) is 20.6. The molecule has 6 heteroatoms. The monoisotopic (exact) mass is 408 g/mol. The van der Waals surface area contributed by atoms with Gasteiger partial charge in [-0.1, -0.05) is 36.8 Å². The molecule has 160 valence electrons. The highest BCUT2D eigenvalue weighted by Crippen LogP contribution is 2.40. The summed E-state index contributed by atoms with van der Waals surface area (Å²) in [6.45, 7) is 7.53. The molecule has 2 aromatic rings. The number of hydrogen-bond acceptors (Lipinski definition) is 3. The standard InChI is InChI=1S/C24H32N4O2/c1-3-21-25-11-15-26(21)13-8-22(29)28-14-10-24(18-28)9-5-12-27(23(24)30)17-20-7-4-6-19(2)16-20/h4,6-7,11,15-16H,3,5,8-10,12-14,17-18H2,1-2H3/t24-/m0/s1. The first-order chi connectivity index (χ1) is 14.5. The van der Waals surface area contributed by atoms with Gasteiger partial charge in [0.05, 0.1) is 5.41 Å². The third kappa shape index (κ3) is 4.13. The van der Waals surface area contributed by atoms with Gasteiger partial charge in [-0.25, -0.2) is 4.98 Å². The number of benzene rings is 1. The zero-order valence-corrected chi connectivity index (χ0v) is 18.1. The summed E-state index contributed by atoms with van der Waals surface area (Å²) < 4.78 is 2.05. The fraction of sp³-hybridized carbons (Fsp3) is 0.542. The molecule has 30 heavy (non-hydrogen) atoms. The van der Waals surface area contributed by atoms with Gasteiger partial charge in [-0.2, -0.15) is 0 Å². The summed E-state index contributed by atoms with van der Waals surface area (Å²) >= 11 is 0. The average molecular weight is 409 g/mol. The van der Waals surface area contributed by atoms with Crippen LogP contribution in [0.15, 0.2) is 36.7 Å². The van der Waals surface area contributed by atoms with Gasteiger partial charge in [0, 0.05) is 58.0 Å². The molecule has 0 unspecified atom stereocenters. The zero-order valence-electron chi connectivity index (χ0n) is 18.1. The quantitative estimate of drug-likeness (QED) is 0.738. The van der Waals surface area contributed by atoms with E-state index in [4.69, 9.17) is 0 Å². The second-order valence-corrected chi connectivity index (χ2v) is 8.81. The Morgan fingerprint density at radius 2 is 2.10 bits per heavy atom. The van der Waals surface area contributed by atoms with Crippen LogP contribution in [-0.2, 0) is 29.1 Å². The molecule has 2 aliphatic rings. The third-order valence-electron chi connectivity index (χ3n) is 6.67. The molecule has 3 heterocycles. The van der Waals surface area contributed by atoms with Gasteiger partial charge >= 0.3 is 0 Å². The average Bonchev–Trinajstić information content (AvgIpc) is 3.37. The molecule has 1 spiro atoms. The number of hydrogen-bond donors (Lipinski definition) is 0. The number of imidazole rings is 1. The SMILES string of the molecule is CCc1nccn1CCC(=O)N1CC[C@@]2(CCCN(Cc3cccc(C)c3)C2=O)C1. The Labute approximate surface area is 178 Å². The van der Waals surface area contributed by atoms with E-state index >= 15 is 0 Å². The predicted octanol–water partition coefficient (Wildman–Crippen LogP) is 3.19. The van der Waals surface area contributed by atoms with E-state index in [9.17, 15) is 9.59 Å². The molecule has 1 aromatic heterocycles. The van der Waals surface area contributed by atoms with Crippen molar-refractivity contribution < 1.29 is 9.59 Å². The number of aromatic nitrogens is 2. The highest BCUT2D eigenvalue weighted by Gasteiger charge is 2.49. The second kappa shape index (κ2) is 8.62. The maximum Gasteiger partial charge on any atom is 0.230 e. The molecule has 0 bridgehead atoms. The summed E-state index contributed by atoms with van der Waals surface area (Å²) in [5.74, 6) is 1.38. The van der Waals surface area contributed by atoms with Crippen molar-refractivity contribution in [2.45, 2.75) is 59.0 Å². The van der Waals surface area contributed by atoms with Crippen LogP contribution >= 0.6 is 0 Å². The molecule has 2 aliphatic heterocycles. The number of amides is 2. The summed E-state index contributed by atoms with van der Waals surface area (Å²) in [6, 6.07) is 8.37. The molecular formula is C24H32N4O2. The van der Waals surface area contributed by atoms with Gasteiger partial charge in [-0.05, 0) is 31.7 Å². The molecule has 2 fully saturated rings. The summed E-state index contributed by atoms with van der Waals surface area (Å²) in [6.07, 6.45) is 7.73. The van der Waals surface area contributed by atoms with E-state index in [0.29, 0.717) is 32.6 Å². The van der Waals surface area contributed by atoms with E-state index < -0.39 is 0 Å². The maximum atomic E-state index is 13.4. The van der Waals surface area contributed by atoms with Gasteiger partial charge in [-0.15, -0.1) is 0 Å². The lowest BCUT2D eigenvalue weighted by molar-refractivity contribution is -0.146. The van der Waals surface area contributed by atoms with Crippen molar-refractivity contribution in [3.05, 3.63) is 53.6 Å². The maximum absolute atomic E-state index is 13.4. The van der Waals surface area contributed by atoms with Crippen molar-refractivity contribution in [1.29, 1.82) is 0 Å². The normalized spacial score (nSPS) is 21.6. The molecule has 6 nitrogen and oxygen atoms in total. The van der Waals surface area contributed by atoms with Gasteiger partial charge in [-0.3, -0.25) is 9.59 Å². The molecule has 2 amide bonds. The Morgan fingerprint density at radius 3 is 2.90 bits per heavy atom. The van der Waals surface area contributed by atoms with Crippen LogP contribution in [0.25, 0.3) is 0 Å². The van der Waals surface area contributed by atoms with E-state index in [1.165, 1.54) is 11.1 Å². The third-order valence-corrected chi connectivity index (χ3v) is 6.67. The fourth-order valence-corrected chi connectivity index (χ4v) is 5.03. The minimum absolute atomic E-state index is 0.145. The molecule has 0 saturated carbocycles. The van der Waals surface area contributed by atoms with Gasteiger partial charge < -0.3 is 14.4 Å². The van der Waals surface area contributed by atoms with E-state index in [-0.39, 0.29) is 17.2 Å². The lowest BCUT2D eigenvalue weighted by Crippen LogP contribution is -2.50. The van der Waals surface area contributed by atoms with Crippen LogP contribution in [0.3, 0.4) is 0 Å². The number of nitrogens with zero attached hydrogens (tertiary/aromatic N) is 4. The Balaban J connectivity index is 1.37. The number of aryl methyl sites for hydroxylation is 3. The molecule has 0 radical (unpaired) electrons. The first-order valence-corrected chi connectivity index (χ1v) is 11.1. The van der Waals surface area contributed by atoms with Crippen LogP contribution in [-0.4, -0.2) is 50.8 Å². The second-order valence-electron chi connectivity index (χ2n) is 8.81. The van der Waals surface area contributed by atoms with Crippen molar-refractivity contribution in [2.24, 2.45) is 5.41 Å². The van der Waals surface area contributed by atoms with Crippen LogP contribution < -0.4 is 0 Å². The topological polar surface area (TPSA) is 58.4 Å². The van der Waals surface area contributed by atoms with Crippen molar-refractivity contribution in [1.82, 2.24) is 19.4 Å². The summed E-state index contributed by atoms with van der Waals surface area (Å²) in [7, 11) is 0. The molecule has 0 N–H and O–H groups in total. The van der Waals surface area contributed by atoms with Crippen LogP contribution in [0, 0.1) is 12.3 Å². The first-order valence-electron chi connectivity index (χ1n) is 11.1. The fourth-order valence-electron chi connectivity index (χ4n) is 5.03. The highest BCUT2D eigenvalue weighted by molar-refractivity contribution is 5.86. The van der Waals surface area contributed by atoms with Gasteiger partial charge in [0.15, 0.2) is 0 Å². The van der Waals surface area contributed by atoms with E-state index in [1.54, 1.807) is 6.20 Å². The van der Waals surface area contributed by atoms with Crippen LogP contribution in [0.2, 0.25) is 0 Å². The van der Waals surface area contributed by atoms with Crippen LogP contribution in [0.1, 0.15) is 49.6 Å². The summed E-state index contributed by atoms with van der Waals surface area (Å²) in [5, 5.41) is 0. The number of piperidine rings is 1. The summed E-state index contributed by atoms with van der Waals surface area (Å²) in [4.78, 5) is 34.5. The van der Waals surface area contributed by atoms with Gasteiger partial charge in [0.1, 0.15) is 5.82 Å². The molecule has 2 saturated heterocycles. The molecule has 4 rings (SSSR count). The van der Waals surface area contributed by atoms with Crippen LogP contribution in [0.5, 0.6) is 0 Å². The Hall–Kier alpha value is -2.63. The lowest BCUT2D eigenvalue weighted by atomic mass is 9.78. The smallest absolute Gasteiger partial charge is 0.230 e. The van der Waals surface area contributed by atoms with E-state index in [0.717, 1.165) is 38.1 Å². The number of likely N-dealkylation sites (tertiary alicyclic amines) is 2. The van der Waals surface area contributed by atoms with Crippen molar-refractivity contribution >= 4 is 11.8 Å². The largest absolute Gasteiger partial charge is 0.342 e. The van der Waals surface area contributed by atoms with E-state index in [1.807, 2.05) is 16.0 Å². The van der Waals surface area contributed by atoms with Crippen LogP contribution in [0.4, 0.5) is 0 Å². The lowest BCUT2D eigenvalue weighted by Gasteiger charge is -2.39. The number of rotatable bonds is 6. The molecule has 1 atom stereocenters. The molecule has 1 aromatic carbocycles. The Morgan fingerprint density at radius 1 is 1.23 bits per heavy atom. The number of carbonyl (C=O) groups is 2. The Bertz CT molecular complexity index is 921. The Kier molecular flexibility index (Phi) is 5.93. The van der Waals surface area contributed by atoms with E-state index in [2.05, 4.69) is 47.7 Å². The minimum Gasteiger partial charge on any atom is -0.342 e. The minimum atomic E-state index is -0.388.